The molecule has 3 atom stereocenters. The average molecular weight is 391 g/mol. The van der Waals surface area contributed by atoms with E-state index < -0.39 is 36.8 Å². The van der Waals surface area contributed by atoms with Gasteiger partial charge in [0.2, 0.25) is 0 Å². The first-order valence-corrected chi connectivity index (χ1v) is 10.1. The van der Waals surface area contributed by atoms with Crippen LogP contribution in [0.5, 0.6) is 0 Å². The Kier molecular flexibility index (Phi) is 16.4. The van der Waals surface area contributed by atoms with Crippen molar-refractivity contribution in [3.8, 4) is 0 Å². The quantitative estimate of drug-likeness (QED) is 0.163. The van der Waals surface area contributed by atoms with E-state index in [2.05, 4.69) is 6.92 Å². The number of hydrogen-bond acceptors (Lipinski definition) is 8. The Balaban J connectivity index is 4.21. The van der Waals surface area contributed by atoms with Gasteiger partial charge in [0.05, 0.1) is 19.3 Å². The lowest BCUT2D eigenvalue weighted by Gasteiger charge is -2.23. The van der Waals surface area contributed by atoms with E-state index in [-0.39, 0.29) is 13.0 Å². The van der Waals surface area contributed by atoms with E-state index in [1.165, 1.54) is 19.3 Å². The number of nitrogens with two attached hydrogens (primary N) is 2. The Morgan fingerprint density at radius 2 is 1.67 bits per heavy atom. The molecule has 0 aliphatic heterocycles. The lowest BCUT2D eigenvalue weighted by atomic mass is 10.1. The van der Waals surface area contributed by atoms with Crippen molar-refractivity contribution in [2.75, 3.05) is 19.8 Å². The van der Waals surface area contributed by atoms with Crippen molar-refractivity contribution in [3.63, 3.8) is 0 Å². The van der Waals surface area contributed by atoms with Gasteiger partial charge >= 0.3 is 11.9 Å². The van der Waals surface area contributed by atoms with E-state index in [9.17, 15) is 14.7 Å². The minimum atomic E-state index is -1.15. The van der Waals surface area contributed by atoms with Crippen LogP contribution in [0.4, 0.5) is 0 Å². The Bertz CT molecular complexity index is 394. The molecule has 0 radical (unpaired) electrons. The third-order valence-corrected chi connectivity index (χ3v) is 4.28. The molecule has 0 saturated heterocycles. The molecule has 0 fully saturated rings. The zero-order valence-electron chi connectivity index (χ0n) is 16.6. The molecule has 8 heteroatoms. The molecule has 27 heavy (non-hydrogen) atoms. The normalized spacial score (nSPS) is 14.6. The lowest BCUT2D eigenvalue weighted by molar-refractivity contribution is -0.163. The molecule has 0 amide bonds. The molecular weight excluding hydrogens is 352 g/mol. The summed E-state index contributed by atoms with van der Waals surface area (Å²) in [5, 5.41) is 18.2. The van der Waals surface area contributed by atoms with Gasteiger partial charge in [-0.25, -0.2) is 4.79 Å². The highest BCUT2D eigenvalue weighted by Gasteiger charge is 2.28. The van der Waals surface area contributed by atoms with Crippen molar-refractivity contribution >= 4 is 11.9 Å². The van der Waals surface area contributed by atoms with Crippen molar-refractivity contribution in [1.82, 2.24) is 0 Å². The molecule has 0 heterocycles. The molecule has 160 valence electrons. The van der Waals surface area contributed by atoms with Gasteiger partial charge in [0.15, 0.2) is 0 Å². The third-order valence-electron chi connectivity index (χ3n) is 4.28. The first kappa shape index (κ1) is 25.9. The fourth-order valence-electron chi connectivity index (χ4n) is 2.58. The zero-order valence-corrected chi connectivity index (χ0v) is 16.6. The fraction of sp³-hybridized carbons (Fsp3) is 0.895. The van der Waals surface area contributed by atoms with Gasteiger partial charge in [-0.15, -0.1) is 0 Å². The van der Waals surface area contributed by atoms with Crippen molar-refractivity contribution in [2.24, 2.45) is 11.5 Å². The van der Waals surface area contributed by atoms with Gasteiger partial charge in [-0.3, -0.25) is 4.79 Å². The predicted octanol–water partition coefficient (Wildman–Crippen LogP) is 1.00. The smallest absolute Gasteiger partial charge is 0.333 e. The molecule has 0 aliphatic carbocycles. The van der Waals surface area contributed by atoms with E-state index in [4.69, 9.17) is 26.0 Å². The standard InChI is InChI=1S/C19H38N2O6/c1-2-3-4-5-6-7-8-11-17(24)27-19(25)18(21)16(10-9-12-20)26-14-15(23)13-22/h15-16,18,22-23H,2-14,20-21H2,1H3/t15?,16?,18-/m0/s1. The number of aliphatic hydroxyl groups is 2. The molecule has 0 bridgehead atoms. The van der Waals surface area contributed by atoms with E-state index >= 15 is 0 Å². The van der Waals surface area contributed by atoms with Crippen LogP contribution < -0.4 is 11.5 Å². The van der Waals surface area contributed by atoms with Gasteiger partial charge in [-0.1, -0.05) is 45.4 Å². The van der Waals surface area contributed by atoms with Crippen LogP contribution in [0.3, 0.4) is 0 Å². The Morgan fingerprint density at radius 1 is 1.04 bits per heavy atom. The van der Waals surface area contributed by atoms with E-state index in [1.807, 2.05) is 0 Å². The molecule has 6 N–H and O–H groups in total. The summed E-state index contributed by atoms with van der Waals surface area (Å²) < 4.78 is 10.2. The number of carbonyl (C=O) groups excluding carboxylic acids is 2. The Morgan fingerprint density at radius 3 is 2.26 bits per heavy atom. The van der Waals surface area contributed by atoms with Gasteiger partial charge in [0.1, 0.15) is 12.1 Å². The van der Waals surface area contributed by atoms with Crippen molar-refractivity contribution < 1.29 is 29.3 Å². The number of aliphatic hydroxyl groups excluding tert-OH is 2. The topological polar surface area (TPSA) is 145 Å². The van der Waals surface area contributed by atoms with Crippen LogP contribution in [0.15, 0.2) is 0 Å². The summed E-state index contributed by atoms with van der Waals surface area (Å²) in [5.74, 6) is -1.43. The van der Waals surface area contributed by atoms with E-state index in [0.29, 0.717) is 25.8 Å². The van der Waals surface area contributed by atoms with Crippen LogP contribution >= 0.6 is 0 Å². The summed E-state index contributed by atoms with van der Waals surface area (Å²) in [6.45, 7) is 1.93. The number of carbonyl (C=O) groups is 2. The van der Waals surface area contributed by atoms with Crippen LogP contribution in [0.25, 0.3) is 0 Å². The number of unbranched alkanes of at least 4 members (excludes halogenated alkanes) is 6. The Hall–Kier alpha value is -1.06. The zero-order chi connectivity index (χ0) is 20.5. The van der Waals surface area contributed by atoms with E-state index in [1.54, 1.807) is 0 Å². The van der Waals surface area contributed by atoms with Crippen LogP contribution in [0, 0.1) is 0 Å². The van der Waals surface area contributed by atoms with E-state index in [0.717, 1.165) is 19.3 Å². The maximum Gasteiger partial charge on any atom is 0.333 e. The maximum absolute atomic E-state index is 12.1. The van der Waals surface area contributed by atoms with Crippen LogP contribution in [0.1, 0.15) is 71.1 Å². The largest absolute Gasteiger partial charge is 0.394 e. The highest BCUT2D eigenvalue weighted by molar-refractivity contribution is 5.88. The first-order chi connectivity index (χ1) is 13.0. The second kappa shape index (κ2) is 17.1. The number of ether oxygens (including phenoxy) is 2. The second-order valence-corrected chi connectivity index (χ2v) is 6.83. The monoisotopic (exact) mass is 390 g/mol. The third kappa shape index (κ3) is 13.7. The minimum absolute atomic E-state index is 0.168. The SMILES string of the molecule is CCCCCCCCCC(=O)OC(=O)[C@@H](N)C(CCCN)OCC(O)CO. The molecule has 0 aromatic carbocycles. The van der Waals surface area contributed by atoms with Gasteiger partial charge in [-0.05, 0) is 25.8 Å². The summed E-state index contributed by atoms with van der Waals surface area (Å²) in [7, 11) is 0. The molecule has 0 aromatic heterocycles. The number of rotatable bonds is 17. The molecule has 8 nitrogen and oxygen atoms in total. The van der Waals surface area contributed by atoms with Crippen LogP contribution in [-0.2, 0) is 19.1 Å². The van der Waals surface area contributed by atoms with Crippen molar-refractivity contribution in [3.05, 3.63) is 0 Å². The molecule has 2 unspecified atom stereocenters. The molecule has 0 saturated carbocycles. The molecular formula is C19H38N2O6. The second-order valence-electron chi connectivity index (χ2n) is 6.83. The van der Waals surface area contributed by atoms with Crippen molar-refractivity contribution in [2.45, 2.75) is 89.4 Å². The minimum Gasteiger partial charge on any atom is -0.394 e. The van der Waals surface area contributed by atoms with Crippen molar-refractivity contribution in [1.29, 1.82) is 0 Å². The fourth-order valence-corrected chi connectivity index (χ4v) is 2.58. The van der Waals surface area contributed by atoms with Crippen LogP contribution in [0.2, 0.25) is 0 Å². The summed E-state index contributed by atoms with van der Waals surface area (Å²) in [6, 6.07) is -1.15. The Labute approximate surface area is 162 Å². The number of hydrogen-bond donors (Lipinski definition) is 4. The molecule has 0 aliphatic rings. The highest BCUT2D eigenvalue weighted by Crippen LogP contribution is 2.11. The molecule has 0 spiro atoms. The summed E-state index contributed by atoms with van der Waals surface area (Å²) in [5.41, 5.74) is 11.3. The molecule has 0 rings (SSSR count). The molecule has 0 aromatic rings. The highest BCUT2D eigenvalue weighted by atomic mass is 16.6. The summed E-state index contributed by atoms with van der Waals surface area (Å²) >= 11 is 0. The summed E-state index contributed by atoms with van der Waals surface area (Å²) in [6.07, 6.45) is 6.82. The predicted molar refractivity (Wildman–Crippen MR) is 103 cm³/mol. The maximum atomic E-state index is 12.1. The average Bonchev–Trinajstić information content (AvgIpc) is 2.66. The number of esters is 2. The van der Waals surface area contributed by atoms with Gasteiger partial charge in [0, 0.05) is 6.42 Å². The first-order valence-electron chi connectivity index (χ1n) is 10.1. The lowest BCUT2D eigenvalue weighted by Crippen LogP contribution is -2.46. The van der Waals surface area contributed by atoms with Gasteiger partial charge in [0.25, 0.3) is 0 Å². The summed E-state index contributed by atoms with van der Waals surface area (Å²) in [4.78, 5) is 23.9. The van der Waals surface area contributed by atoms with Gasteiger partial charge in [-0.2, -0.15) is 0 Å². The van der Waals surface area contributed by atoms with Gasteiger partial charge < -0.3 is 31.2 Å². The van der Waals surface area contributed by atoms with Crippen LogP contribution in [-0.4, -0.2) is 60.2 Å².